The second kappa shape index (κ2) is 12.1. The number of nitrogens with one attached hydrogen (secondary N) is 3. The first-order chi connectivity index (χ1) is 14.9. The molecular formula is C20H22N4O6S. The summed E-state index contributed by atoms with van der Waals surface area (Å²) in [6, 6.07) is 11.9. The van der Waals surface area contributed by atoms with Gasteiger partial charge >= 0.3 is 0 Å². The Kier molecular flexibility index (Phi) is 9.17. The summed E-state index contributed by atoms with van der Waals surface area (Å²) in [6.45, 7) is 2.33. The zero-order valence-corrected chi connectivity index (χ0v) is 17.6. The van der Waals surface area contributed by atoms with Gasteiger partial charge in [0.05, 0.1) is 11.5 Å². The van der Waals surface area contributed by atoms with Gasteiger partial charge < -0.3 is 9.47 Å². The molecule has 0 saturated heterocycles. The van der Waals surface area contributed by atoms with Gasteiger partial charge in [-0.05, 0) is 55.0 Å². The Morgan fingerprint density at radius 3 is 2.23 bits per heavy atom. The number of carbonyl (C=O) groups is 2. The standard InChI is InChI=1S/C20H22N4O6S/c1-2-3-12-29-16-8-4-14(5-9-16)19(26)21-20(31)23-22-18(25)13-30-17-10-6-15(7-11-17)24(27)28/h4-11H,2-3,12-13H2,1H3,(H,22,25)(H2,21,23,26,31). The number of ether oxygens (including phenoxy) is 2. The van der Waals surface area contributed by atoms with Gasteiger partial charge in [0.25, 0.3) is 17.5 Å². The van der Waals surface area contributed by atoms with Gasteiger partial charge in [0.2, 0.25) is 0 Å². The highest BCUT2D eigenvalue weighted by Crippen LogP contribution is 2.17. The average Bonchev–Trinajstić information content (AvgIpc) is 2.77. The fourth-order valence-corrected chi connectivity index (χ4v) is 2.36. The normalized spacial score (nSPS) is 9.97. The van der Waals surface area contributed by atoms with Gasteiger partial charge in [-0.3, -0.25) is 35.9 Å². The quantitative estimate of drug-likeness (QED) is 0.232. The van der Waals surface area contributed by atoms with Crippen LogP contribution in [0, 0.1) is 10.1 Å². The number of hydrogen-bond acceptors (Lipinski definition) is 7. The zero-order valence-electron chi connectivity index (χ0n) is 16.8. The highest BCUT2D eigenvalue weighted by atomic mass is 32.1. The van der Waals surface area contributed by atoms with Crippen LogP contribution in [0.3, 0.4) is 0 Å². The summed E-state index contributed by atoms with van der Waals surface area (Å²) < 4.78 is 10.8. The molecule has 0 aromatic heterocycles. The van der Waals surface area contributed by atoms with E-state index in [-0.39, 0.29) is 17.4 Å². The number of amides is 2. The molecule has 3 N–H and O–H groups in total. The first kappa shape index (κ1) is 23.5. The van der Waals surface area contributed by atoms with Crippen molar-refractivity contribution >= 4 is 34.8 Å². The fraction of sp³-hybridized carbons (Fsp3) is 0.250. The molecule has 0 spiro atoms. The molecular weight excluding hydrogens is 424 g/mol. The molecule has 10 nitrogen and oxygen atoms in total. The van der Waals surface area contributed by atoms with Crippen molar-refractivity contribution in [3.8, 4) is 11.5 Å². The minimum Gasteiger partial charge on any atom is -0.494 e. The number of nitro benzene ring substituents is 1. The van der Waals surface area contributed by atoms with Gasteiger partial charge in [0.1, 0.15) is 11.5 Å². The van der Waals surface area contributed by atoms with Crippen LogP contribution >= 0.6 is 12.2 Å². The number of hydrogen-bond donors (Lipinski definition) is 3. The first-order valence-corrected chi connectivity index (χ1v) is 9.80. The van der Waals surface area contributed by atoms with Crippen LogP contribution in [0.1, 0.15) is 30.1 Å². The molecule has 0 fully saturated rings. The number of carbonyl (C=O) groups excluding carboxylic acids is 2. The summed E-state index contributed by atoms with van der Waals surface area (Å²) in [5, 5.41) is 12.9. The predicted molar refractivity (Wildman–Crippen MR) is 117 cm³/mol. The highest BCUT2D eigenvalue weighted by molar-refractivity contribution is 7.80. The summed E-state index contributed by atoms with van der Waals surface area (Å²) in [7, 11) is 0. The smallest absolute Gasteiger partial charge is 0.276 e. The summed E-state index contributed by atoms with van der Waals surface area (Å²) in [4.78, 5) is 34.1. The Labute approximate surface area is 184 Å². The molecule has 2 aromatic carbocycles. The third kappa shape index (κ3) is 8.26. The first-order valence-electron chi connectivity index (χ1n) is 9.39. The van der Waals surface area contributed by atoms with Crippen molar-refractivity contribution in [2.75, 3.05) is 13.2 Å². The van der Waals surface area contributed by atoms with Crippen LogP contribution in [0.25, 0.3) is 0 Å². The van der Waals surface area contributed by atoms with Crippen LogP contribution in [0.15, 0.2) is 48.5 Å². The molecule has 0 aliphatic rings. The largest absolute Gasteiger partial charge is 0.494 e. The number of nitro groups is 1. The van der Waals surface area contributed by atoms with Gasteiger partial charge in [-0.2, -0.15) is 0 Å². The van der Waals surface area contributed by atoms with Gasteiger partial charge in [-0.25, -0.2) is 0 Å². The van der Waals surface area contributed by atoms with Crippen LogP contribution in [0.5, 0.6) is 11.5 Å². The van der Waals surface area contributed by atoms with E-state index >= 15 is 0 Å². The van der Waals surface area contributed by atoms with Gasteiger partial charge in [-0.15, -0.1) is 0 Å². The Bertz CT molecular complexity index is 918. The molecule has 0 atom stereocenters. The van der Waals surface area contributed by atoms with Gasteiger partial charge in [-0.1, -0.05) is 13.3 Å². The lowest BCUT2D eigenvalue weighted by molar-refractivity contribution is -0.384. The lowest BCUT2D eigenvalue weighted by atomic mass is 10.2. The highest BCUT2D eigenvalue weighted by Gasteiger charge is 2.10. The SMILES string of the molecule is CCCCOc1ccc(C(=O)NC(=S)NNC(=O)COc2ccc([N+](=O)[O-])cc2)cc1. The molecule has 0 saturated carbocycles. The number of nitrogens with zero attached hydrogens (tertiary/aromatic N) is 1. The van der Waals surface area contributed by atoms with E-state index < -0.39 is 16.7 Å². The molecule has 0 aliphatic carbocycles. The third-order valence-corrected chi connectivity index (χ3v) is 4.05. The molecule has 2 rings (SSSR count). The molecule has 2 amide bonds. The van der Waals surface area contributed by atoms with E-state index in [0.717, 1.165) is 12.8 Å². The van der Waals surface area contributed by atoms with Gasteiger partial charge in [0.15, 0.2) is 11.7 Å². The molecule has 0 radical (unpaired) electrons. The molecule has 0 aliphatic heterocycles. The van der Waals surface area contributed by atoms with Crippen molar-refractivity contribution in [3.05, 3.63) is 64.2 Å². The van der Waals surface area contributed by atoms with Crippen LogP contribution < -0.4 is 25.6 Å². The van der Waals surface area contributed by atoms with E-state index in [2.05, 4.69) is 23.1 Å². The number of non-ortho nitro benzene ring substituents is 1. The number of benzene rings is 2. The maximum atomic E-state index is 12.2. The van der Waals surface area contributed by atoms with Crippen LogP contribution in [-0.2, 0) is 4.79 Å². The second-order valence-corrected chi connectivity index (χ2v) is 6.63. The van der Waals surface area contributed by atoms with Crippen LogP contribution in [0.2, 0.25) is 0 Å². The second-order valence-electron chi connectivity index (χ2n) is 6.22. The number of thiocarbonyl (C=S) groups is 1. The van der Waals surface area contributed by atoms with E-state index in [4.69, 9.17) is 21.7 Å². The van der Waals surface area contributed by atoms with Crippen molar-refractivity contribution in [2.45, 2.75) is 19.8 Å². The molecule has 31 heavy (non-hydrogen) atoms. The van der Waals surface area contributed by atoms with Crippen LogP contribution in [0.4, 0.5) is 5.69 Å². The van der Waals surface area contributed by atoms with Crippen molar-refractivity contribution in [1.82, 2.24) is 16.2 Å². The third-order valence-electron chi connectivity index (χ3n) is 3.84. The average molecular weight is 446 g/mol. The summed E-state index contributed by atoms with van der Waals surface area (Å²) in [5.74, 6) is -0.0535. The topological polar surface area (TPSA) is 132 Å². The van der Waals surface area contributed by atoms with E-state index in [1.807, 2.05) is 0 Å². The Morgan fingerprint density at radius 1 is 1.00 bits per heavy atom. The van der Waals surface area contributed by atoms with Gasteiger partial charge in [0, 0.05) is 17.7 Å². The summed E-state index contributed by atoms with van der Waals surface area (Å²) in [6.07, 6.45) is 1.98. The van der Waals surface area contributed by atoms with Crippen molar-refractivity contribution in [1.29, 1.82) is 0 Å². The fourth-order valence-electron chi connectivity index (χ4n) is 2.22. The summed E-state index contributed by atoms with van der Waals surface area (Å²) >= 11 is 4.97. The molecule has 0 bridgehead atoms. The Hall–Kier alpha value is -3.73. The van der Waals surface area contributed by atoms with Crippen molar-refractivity contribution in [2.24, 2.45) is 0 Å². The Balaban J connectivity index is 1.71. The predicted octanol–water partition coefficient (Wildman–Crippen LogP) is 2.49. The van der Waals surface area contributed by atoms with Crippen molar-refractivity contribution < 1.29 is 24.0 Å². The maximum Gasteiger partial charge on any atom is 0.276 e. The number of hydrazine groups is 1. The number of unbranched alkanes of at least 4 members (excludes halogenated alkanes) is 1. The molecule has 164 valence electrons. The lowest BCUT2D eigenvalue weighted by Crippen LogP contribution is -2.49. The minimum absolute atomic E-state index is 0.0850. The van der Waals surface area contributed by atoms with E-state index in [1.165, 1.54) is 24.3 Å². The minimum atomic E-state index is -0.566. The molecule has 0 heterocycles. The molecule has 0 unspecified atom stereocenters. The van der Waals surface area contributed by atoms with E-state index in [9.17, 15) is 19.7 Å². The van der Waals surface area contributed by atoms with Crippen LogP contribution in [-0.4, -0.2) is 35.1 Å². The Morgan fingerprint density at radius 2 is 1.61 bits per heavy atom. The zero-order chi connectivity index (χ0) is 22.6. The van der Waals surface area contributed by atoms with Crippen molar-refractivity contribution in [3.63, 3.8) is 0 Å². The lowest BCUT2D eigenvalue weighted by Gasteiger charge is -2.12. The summed E-state index contributed by atoms with van der Waals surface area (Å²) in [5.41, 5.74) is 4.96. The number of rotatable bonds is 9. The monoisotopic (exact) mass is 446 g/mol. The van der Waals surface area contributed by atoms with E-state index in [1.54, 1.807) is 24.3 Å². The molecule has 2 aromatic rings. The molecule has 11 heteroatoms. The van der Waals surface area contributed by atoms with E-state index in [0.29, 0.717) is 23.7 Å². The maximum absolute atomic E-state index is 12.2.